The smallest absolute Gasteiger partial charge is 0.345 e. The Morgan fingerprint density at radius 2 is 2.00 bits per heavy atom. The van der Waals surface area contributed by atoms with Gasteiger partial charge in [0.2, 0.25) is 0 Å². The van der Waals surface area contributed by atoms with Gasteiger partial charge in [-0.1, -0.05) is 12.1 Å². The molecule has 1 aromatic carbocycles. The minimum absolute atomic E-state index is 0.0754. The summed E-state index contributed by atoms with van der Waals surface area (Å²) < 4.78 is 13.6. The number of aromatic amines is 1. The minimum Gasteiger partial charge on any atom is -0.497 e. The van der Waals surface area contributed by atoms with Crippen molar-refractivity contribution in [2.75, 3.05) is 33.9 Å². The summed E-state index contributed by atoms with van der Waals surface area (Å²) in [7, 11) is 3.22. The number of rotatable bonds is 8. The lowest BCUT2D eigenvalue weighted by Crippen LogP contribution is -2.38. The number of nitrogens with zero attached hydrogens (tertiary/aromatic N) is 5. The molecule has 10 heteroatoms. The summed E-state index contributed by atoms with van der Waals surface area (Å²) in [5, 5.41) is 11.8. The Kier molecular flexibility index (Phi) is 6.93. The molecule has 0 aliphatic carbocycles. The number of benzene rings is 1. The highest BCUT2D eigenvalue weighted by atomic mass is 16.5. The number of likely N-dealkylation sites (tertiary alicyclic amines) is 1. The van der Waals surface area contributed by atoms with Gasteiger partial charge in [-0.3, -0.25) is 14.5 Å². The third kappa shape index (κ3) is 4.70. The molecule has 1 N–H and O–H groups in total. The predicted molar refractivity (Wildman–Crippen MR) is 122 cm³/mol. The first kappa shape index (κ1) is 22.8. The standard InChI is InChI=1S/C23H30N6O4/c1-4-28-21(26-29(23(28)31)12-13-32-2)16-8-10-27(11-9-16)22(30)20-15-19(24-25-20)17-6-5-7-18(14-17)33-3/h5-7,14-16H,4,8-13H2,1-3H3,(H,24,25). The van der Waals surface area contributed by atoms with Crippen molar-refractivity contribution >= 4 is 5.91 Å². The van der Waals surface area contributed by atoms with Crippen LogP contribution in [0.2, 0.25) is 0 Å². The Labute approximate surface area is 192 Å². The summed E-state index contributed by atoms with van der Waals surface area (Å²) in [5.74, 6) is 1.60. The highest BCUT2D eigenvalue weighted by Crippen LogP contribution is 2.28. The Morgan fingerprint density at radius 1 is 1.21 bits per heavy atom. The van der Waals surface area contributed by atoms with Gasteiger partial charge in [0.25, 0.3) is 5.91 Å². The summed E-state index contributed by atoms with van der Waals surface area (Å²) in [6.45, 7) is 4.59. The van der Waals surface area contributed by atoms with Gasteiger partial charge in [0.15, 0.2) is 0 Å². The van der Waals surface area contributed by atoms with E-state index in [1.807, 2.05) is 36.1 Å². The summed E-state index contributed by atoms with van der Waals surface area (Å²) in [4.78, 5) is 27.5. The number of H-pyrrole nitrogens is 1. The van der Waals surface area contributed by atoms with Crippen molar-refractivity contribution in [3.63, 3.8) is 0 Å². The van der Waals surface area contributed by atoms with E-state index in [1.165, 1.54) is 4.68 Å². The average Bonchev–Trinajstić information content (AvgIpc) is 3.47. The fourth-order valence-electron chi connectivity index (χ4n) is 4.25. The first-order valence-electron chi connectivity index (χ1n) is 11.2. The van der Waals surface area contributed by atoms with E-state index in [1.54, 1.807) is 24.9 Å². The number of amides is 1. The SMILES string of the molecule is CCn1c(C2CCN(C(=O)c3cc(-c4cccc(OC)c4)n[nH]3)CC2)nn(CCOC)c1=O. The quantitative estimate of drug-likeness (QED) is 0.559. The molecule has 0 spiro atoms. The maximum Gasteiger partial charge on any atom is 0.345 e. The maximum atomic E-state index is 13.1. The number of ether oxygens (including phenoxy) is 2. The van der Waals surface area contributed by atoms with Gasteiger partial charge in [-0.2, -0.15) is 10.2 Å². The van der Waals surface area contributed by atoms with E-state index in [2.05, 4.69) is 15.3 Å². The number of hydrogen-bond donors (Lipinski definition) is 1. The van der Waals surface area contributed by atoms with Gasteiger partial charge in [0.1, 0.15) is 17.3 Å². The molecule has 176 valence electrons. The van der Waals surface area contributed by atoms with Gasteiger partial charge in [-0.05, 0) is 38.0 Å². The number of carbonyl (C=O) groups excluding carboxylic acids is 1. The lowest BCUT2D eigenvalue weighted by molar-refractivity contribution is 0.0704. The fourth-order valence-corrected chi connectivity index (χ4v) is 4.25. The predicted octanol–water partition coefficient (Wildman–Crippen LogP) is 2.13. The van der Waals surface area contributed by atoms with Gasteiger partial charge >= 0.3 is 5.69 Å². The van der Waals surface area contributed by atoms with Crippen LogP contribution < -0.4 is 10.4 Å². The van der Waals surface area contributed by atoms with E-state index in [0.29, 0.717) is 44.2 Å². The monoisotopic (exact) mass is 454 g/mol. The first-order chi connectivity index (χ1) is 16.0. The third-order valence-electron chi connectivity index (χ3n) is 6.10. The normalized spacial score (nSPS) is 14.6. The van der Waals surface area contributed by atoms with Crippen molar-refractivity contribution < 1.29 is 14.3 Å². The van der Waals surface area contributed by atoms with E-state index in [4.69, 9.17) is 9.47 Å². The van der Waals surface area contributed by atoms with Gasteiger partial charge in [-0.25, -0.2) is 9.48 Å². The van der Waals surface area contributed by atoms with Gasteiger partial charge in [0, 0.05) is 38.2 Å². The topological polar surface area (TPSA) is 107 Å². The average molecular weight is 455 g/mol. The molecule has 0 atom stereocenters. The van der Waals surface area contributed by atoms with E-state index in [9.17, 15) is 9.59 Å². The highest BCUT2D eigenvalue weighted by molar-refractivity contribution is 5.93. The summed E-state index contributed by atoms with van der Waals surface area (Å²) in [6, 6.07) is 9.34. The number of aromatic nitrogens is 5. The Bertz CT molecular complexity index is 1160. The Hall–Kier alpha value is -3.40. The molecule has 4 rings (SSSR count). The van der Waals surface area contributed by atoms with Gasteiger partial charge in [-0.15, -0.1) is 0 Å². The van der Waals surface area contributed by atoms with Crippen LogP contribution >= 0.6 is 0 Å². The molecule has 33 heavy (non-hydrogen) atoms. The van der Waals surface area contributed by atoms with Gasteiger partial charge in [0.05, 0.1) is 26.0 Å². The van der Waals surface area contributed by atoms with Crippen LogP contribution in [0.3, 0.4) is 0 Å². The molecule has 3 aromatic rings. The molecule has 10 nitrogen and oxygen atoms in total. The fraction of sp³-hybridized carbons (Fsp3) is 0.478. The largest absolute Gasteiger partial charge is 0.497 e. The highest BCUT2D eigenvalue weighted by Gasteiger charge is 2.29. The van der Waals surface area contributed by atoms with Crippen molar-refractivity contribution in [2.45, 2.75) is 38.8 Å². The number of hydrogen-bond acceptors (Lipinski definition) is 6. The van der Waals surface area contributed by atoms with Crippen molar-refractivity contribution in [1.82, 2.24) is 29.4 Å². The lowest BCUT2D eigenvalue weighted by atomic mass is 9.95. The summed E-state index contributed by atoms with van der Waals surface area (Å²) in [5.41, 5.74) is 1.93. The van der Waals surface area contributed by atoms with E-state index in [0.717, 1.165) is 30.0 Å². The van der Waals surface area contributed by atoms with Crippen molar-refractivity contribution in [2.24, 2.45) is 0 Å². The molecule has 0 unspecified atom stereocenters. The van der Waals surface area contributed by atoms with E-state index in [-0.39, 0.29) is 17.5 Å². The number of methoxy groups -OCH3 is 2. The van der Waals surface area contributed by atoms with Crippen LogP contribution in [0.15, 0.2) is 35.1 Å². The molecule has 3 heterocycles. The molecule has 1 amide bonds. The van der Waals surface area contributed by atoms with E-state index >= 15 is 0 Å². The van der Waals surface area contributed by atoms with Crippen molar-refractivity contribution in [3.8, 4) is 17.0 Å². The number of nitrogens with one attached hydrogen (secondary N) is 1. The summed E-state index contributed by atoms with van der Waals surface area (Å²) in [6.07, 6.45) is 1.51. The second-order valence-corrected chi connectivity index (χ2v) is 8.07. The molecule has 0 saturated carbocycles. The van der Waals surface area contributed by atoms with Crippen LogP contribution in [0.1, 0.15) is 42.0 Å². The lowest BCUT2D eigenvalue weighted by Gasteiger charge is -2.31. The number of carbonyl (C=O) groups is 1. The molecule has 0 radical (unpaired) electrons. The second kappa shape index (κ2) is 10.0. The van der Waals surface area contributed by atoms with Crippen LogP contribution in [0, 0.1) is 0 Å². The molecule has 1 aliphatic rings. The molecule has 1 saturated heterocycles. The molecular weight excluding hydrogens is 424 g/mol. The van der Waals surface area contributed by atoms with Crippen LogP contribution in [0.5, 0.6) is 5.75 Å². The summed E-state index contributed by atoms with van der Waals surface area (Å²) >= 11 is 0. The van der Waals surface area contributed by atoms with E-state index < -0.39 is 0 Å². The zero-order valence-corrected chi connectivity index (χ0v) is 19.3. The molecule has 1 aliphatic heterocycles. The maximum absolute atomic E-state index is 13.1. The van der Waals surface area contributed by atoms with Crippen LogP contribution in [0.4, 0.5) is 0 Å². The molecule has 0 bridgehead atoms. The van der Waals surface area contributed by atoms with Crippen LogP contribution in [0.25, 0.3) is 11.3 Å². The van der Waals surface area contributed by atoms with Crippen molar-refractivity contribution in [1.29, 1.82) is 0 Å². The third-order valence-corrected chi connectivity index (χ3v) is 6.10. The molecular formula is C23H30N6O4. The Morgan fingerprint density at radius 3 is 2.70 bits per heavy atom. The molecule has 1 fully saturated rings. The zero-order valence-electron chi connectivity index (χ0n) is 19.3. The van der Waals surface area contributed by atoms with Crippen LogP contribution in [-0.4, -0.2) is 69.3 Å². The van der Waals surface area contributed by atoms with Crippen molar-refractivity contribution in [3.05, 3.63) is 52.3 Å². The first-order valence-corrected chi connectivity index (χ1v) is 11.2. The van der Waals surface area contributed by atoms with Crippen LogP contribution in [-0.2, 0) is 17.8 Å². The second-order valence-electron chi connectivity index (χ2n) is 8.07. The Balaban J connectivity index is 1.43. The minimum atomic E-state index is -0.106. The zero-order chi connectivity index (χ0) is 23.4. The van der Waals surface area contributed by atoms with Gasteiger partial charge < -0.3 is 14.4 Å². The molecule has 2 aromatic heterocycles. The number of piperidine rings is 1.